The van der Waals surface area contributed by atoms with Crippen LogP contribution in [0.2, 0.25) is 0 Å². The molecule has 0 bridgehead atoms. The van der Waals surface area contributed by atoms with E-state index in [0.717, 1.165) is 30.2 Å². The first-order valence-electron chi connectivity index (χ1n) is 6.32. The van der Waals surface area contributed by atoms with Crippen molar-refractivity contribution in [2.75, 3.05) is 7.11 Å². The van der Waals surface area contributed by atoms with Crippen LogP contribution in [0.25, 0.3) is 0 Å². The minimum Gasteiger partial charge on any atom is -0.497 e. The molecular formula is C16H15BrF2O. The van der Waals surface area contributed by atoms with Gasteiger partial charge in [-0.3, -0.25) is 0 Å². The number of methoxy groups -OCH3 is 1. The summed E-state index contributed by atoms with van der Waals surface area (Å²) in [5, 5.41) is 0. The van der Waals surface area contributed by atoms with E-state index >= 15 is 0 Å². The van der Waals surface area contributed by atoms with Gasteiger partial charge >= 0.3 is 0 Å². The minimum absolute atomic E-state index is 0.000276. The van der Waals surface area contributed by atoms with E-state index in [-0.39, 0.29) is 4.83 Å². The molecule has 0 spiro atoms. The zero-order valence-electron chi connectivity index (χ0n) is 11.1. The summed E-state index contributed by atoms with van der Waals surface area (Å²) < 4.78 is 31.2. The largest absolute Gasteiger partial charge is 0.497 e. The Morgan fingerprint density at radius 2 is 1.75 bits per heavy atom. The summed E-state index contributed by atoms with van der Waals surface area (Å²) in [6, 6.07) is 11.8. The van der Waals surface area contributed by atoms with Gasteiger partial charge in [-0.1, -0.05) is 34.1 Å². The van der Waals surface area contributed by atoms with Gasteiger partial charge in [0.1, 0.15) is 5.75 Å². The van der Waals surface area contributed by atoms with E-state index in [2.05, 4.69) is 15.9 Å². The van der Waals surface area contributed by atoms with Crippen LogP contribution < -0.4 is 4.74 Å². The Labute approximate surface area is 125 Å². The molecule has 0 radical (unpaired) electrons. The van der Waals surface area contributed by atoms with Gasteiger partial charge < -0.3 is 4.74 Å². The van der Waals surface area contributed by atoms with E-state index in [0.29, 0.717) is 0 Å². The molecule has 0 saturated carbocycles. The molecule has 106 valence electrons. The molecule has 1 nitrogen and oxygen atoms in total. The summed E-state index contributed by atoms with van der Waals surface area (Å²) in [4.78, 5) is -0.000276. The van der Waals surface area contributed by atoms with E-state index in [9.17, 15) is 8.78 Å². The Balaban J connectivity index is 1.96. The van der Waals surface area contributed by atoms with Crippen LogP contribution in [0.5, 0.6) is 5.75 Å². The lowest BCUT2D eigenvalue weighted by molar-refractivity contribution is 0.414. The second kappa shape index (κ2) is 6.84. The van der Waals surface area contributed by atoms with Gasteiger partial charge in [0.25, 0.3) is 0 Å². The summed E-state index contributed by atoms with van der Waals surface area (Å²) in [5.41, 5.74) is 1.93. The standard InChI is InChI=1S/C16H15BrF2O/c1-20-13-6-2-11(3-7-13)4-8-14(17)12-5-9-15(18)16(19)10-12/h2-3,5-7,9-10,14H,4,8H2,1H3. The molecule has 0 heterocycles. The van der Waals surface area contributed by atoms with Gasteiger partial charge in [-0.05, 0) is 48.2 Å². The predicted octanol–water partition coefficient (Wildman–Crippen LogP) is 5.04. The van der Waals surface area contributed by atoms with Crippen molar-refractivity contribution in [2.45, 2.75) is 17.7 Å². The third kappa shape index (κ3) is 3.79. The maximum Gasteiger partial charge on any atom is 0.159 e. The summed E-state index contributed by atoms with van der Waals surface area (Å²) in [7, 11) is 1.63. The molecule has 4 heteroatoms. The Morgan fingerprint density at radius 3 is 2.35 bits per heavy atom. The molecule has 2 aromatic rings. The molecule has 0 aliphatic carbocycles. The molecule has 1 unspecified atom stereocenters. The molecule has 1 atom stereocenters. The van der Waals surface area contributed by atoms with Gasteiger partial charge in [0.2, 0.25) is 0 Å². The molecule has 0 aliphatic rings. The first kappa shape index (κ1) is 15.0. The average Bonchev–Trinajstić information content (AvgIpc) is 2.48. The van der Waals surface area contributed by atoms with Crippen LogP contribution in [0, 0.1) is 11.6 Å². The maximum absolute atomic E-state index is 13.2. The van der Waals surface area contributed by atoms with Crippen molar-refractivity contribution in [1.82, 2.24) is 0 Å². The molecule has 0 N–H and O–H groups in total. The van der Waals surface area contributed by atoms with Gasteiger partial charge in [0.15, 0.2) is 11.6 Å². The molecule has 2 rings (SSSR count). The average molecular weight is 341 g/mol. The third-order valence-corrected chi connectivity index (χ3v) is 4.14. The van der Waals surface area contributed by atoms with Gasteiger partial charge in [-0.2, -0.15) is 0 Å². The van der Waals surface area contributed by atoms with E-state index in [4.69, 9.17) is 4.74 Å². The normalized spacial score (nSPS) is 12.2. The SMILES string of the molecule is COc1ccc(CCC(Br)c2ccc(F)c(F)c2)cc1. The highest BCUT2D eigenvalue weighted by Gasteiger charge is 2.11. The number of halogens is 3. The zero-order valence-corrected chi connectivity index (χ0v) is 12.7. The smallest absolute Gasteiger partial charge is 0.159 e. The quantitative estimate of drug-likeness (QED) is 0.692. The van der Waals surface area contributed by atoms with Crippen LogP contribution in [0.3, 0.4) is 0 Å². The van der Waals surface area contributed by atoms with Crippen LogP contribution in [0.1, 0.15) is 22.4 Å². The van der Waals surface area contributed by atoms with E-state index in [1.807, 2.05) is 24.3 Å². The molecule has 0 aliphatic heterocycles. The Morgan fingerprint density at radius 1 is 1.05 bits per heavy atom. The number of ether oxygens (including phenoxy) is 1. The van der Waals surface area contributed by atoms with Crippen LogP contribution in [-0.2, 0) is 6.42 Å². The molecule has 0 saturated heterocycles. The molecule has 0 amide bonds. The van der Waals surface area contributed by atoms with Crippen molar-refractivity contribution < 1.29 is 13.5 Å². The van der Waals surface area contributed by atoms with Crippen molar-refractivity contribution >= 4 is 15.9 Å². The van der Waals surface area contributed by atoms with Gasteiger partial charge in [0, 0.05) is 4.83 Å². The fourth-order valence-electron chi connectivity index (χ4n) is 1.96. The summed E-state index contributed by atoms with van der Waals surface area (Å²) in [6.45, 7) is 0. The highest BCUT2D eigenvalue weighted by Crippen LogP contribution is 2.29. The third-order valence-electron chi connectivity index (χ3n) is 3.15. The Bertz CT molecular complexity index is 569. The van der Waals surface area contributed by atoms with E-state index in [1.54, 1.807) is 13.2 Å². The second-order valence-electron chi connectivity index (χ2n) is 4.53. The summed E-state index contributed by atoms with van der Waals surface area (Å²) in [6.07, 6.45) is 1.65. The van der Waals surface area contributed by atoms with Gasteiger partial charge in [-0.15, -0.1) is 0 Å². The number of aryl methyl sites for hydroxylation is 1. The highest BCUT2D eigenvalue weighted by molar-refractivity contribution is 9.09. The second-order valence-corrected chi connectivity index (χ2v) is 5.63. The first-order chi connectivity index (χ1) is 9.60. The topological polar surface area (TPSA) is 9.23 Å². The molecular weight excluding hydrogens is 326 g/mol. The van der Waals surface area contributed by atoms with Gasteiger partial charge in [-0.25, -0.2) is 8.78 Å². The fraction of sp³-hybridized carbons (Fsp3) is 0.250. The van der Waals surface area contributed by atoms with Gasteiger partial charge in [0.05, 0.1) is 7.11 Å². The van der Waals surface area contributed by atoms with Crippen molar-refractivity contribution in [3.05, 3.63) is 65.2 Å². The lowest BCUT2D eigenvalue weighted by Gasteiger charge is -2.11. The molecule has 2 aromatic carbocycles. The van der Waals surface area contributed by atoms with E-state index < -0.39 is 11.6 Å². The fourth-order valence-corrected chi connectivity index (χ4v) is 2.47. The van der Waals surface area contributed by atoms with Crippen molar-refractivity contribution in [1.29, 1.82) is 0 Å². The summed E-state index contributed by atoms with van der Waals surface area (Å²) in [5.74, 6) is -0.801. The predicted molar refractivity (Wildman–Crippen MR) is 79.3 cm³/mol. The van der Waals surface area contributed by atoms with Crippen molar-refractivity contribution in [3.8, 4) is 5.75 Å². The number of alkyl halides is 1. The molecule has 20 heavy (non-hydrogen) atoms. The zero-order chi connectivity index (χ0) is 14.5. The monoisotopic (exact) mass is 340 g/mol. The number of hydrogen-bond donors (Lipinski definition) is 0. The number of hydrogen-bond acceptors (Lipinski definition) is 1. The Hall–Kier alpha value is -1.42. The maximum atomic E-state index is 13.2. The van der Waals surface area contributed by atoms with Crippen molar-refractivity contribution in [3.63, 3.8) is 0 Å². The number of benzene rings is 2. The first-order valence-corrected chi connectivity index (χ1v) is 7.23. The van der Waals surface area contributed by atoms with Crippen LogP contribution in [0.15, 0.2) is 42.5 Å². The Kier molecular flexibility index (Phi) is 5.12. The minimum atomic E-state index is -0.816. The molecule has 0 fully saturated rings. The number of rotatable bonds is 5. The van der Waals surface area contributed by atoms with E-state index in [1.165, 1.54) is 11.6 Å². The van der Waals surface area contributed by atoms with Crippen LogP contribution in [-0.4, -0.2) is 7.11 Å². The summed E-state index contributed by atoms with van der Waals surface area (Å²) >= 11 is 3.52. The van der Waals surface area contributed by atoms with Crippen molar-refractivity contribution in [2.24, 2.45) is 0 Å². The lowest BCUT2D eigenvalue weighted by atomic mass is 10.0. The van der Waals surface area contributed by atoms with Crippen LogP contribution in [0.4, 0.5) is 8.78 Å². The highest BCUT2D eigenvalue weighted by atomic mass is 79.9. The molecule has 0 aromatic heterocycles. The van der Waals surface area contributed by atoms with Crippen LogP contribution >= 0.6 is 15.9 Å². The lowest BCUT2D eigenvalue weighted by Crippen LogP contribution is -1.96.